The molecule has 2 aromatic carbocycles. The summed E-state index contributed by atoms with van der Waals surface area (Å²) in [4.78, 5) is 0. The second-order valence-electron chi connectivity index (χ2n) is 7.19. The lowest BCUT2D eigenvalue weighted by Gasteiger charge is -2.37. The van der Waals surface area contributed by atoms with Gasteiger partial charge in [-0.25, -0.2) is 0 Å². The summed E-state index contributed by atoms with van der Waals surface area (Å²) in [7, 11) is 0. The molecule has 114 valence electrons. The van der Waals surface area contributed by atoms with Crippen LogP contribution in [-0.4, -0.2) is 0 Å². The summed E-state index contributed by atoms with van der Waals surface area (Å²) < 4.78 is 0. The highest BCUT2D eigenvalue weighted by Gasteiger charge is 2.32. The maximum atomic E-state index is 2.52. The van der Waals surface area contributed by atoms with Crippen LogP contribution < -0.4 is 0 Å². The molecule has 0 saturated heterocycles. The Balaban J connectivity index is 1.52. The van der Waals surface area contributed by atoms with E-state index in [4.69, 9.17) is 0 Å². The van der Waals surface area contributed by atoms with Crippen LogP contribution in [0.1, 0.15) is 68.1 Å². The molecule has 0 nitrogen and oxygen atoms in total. The van der Waals surface area contributed by atoms with Gasteiger partial charge in [0, 0.05) is 0 Å². The molecule has 0 heterocycles. The van der Waals surface area contributed by atoms with Gasteiger partial charge in [-0.2, -0.15) is 0 Å². The fourth-order valence-electron chi connectivity index (χ4n) is 4.41. The summed E-state index contributed by atoms with van der Waals surface area (Å²) in [6, 6.07) is 16.2. The molecule has 2 aromatic rings. The Morgan fingerprint density at radius 1 is 0.909 bits per heavy atom. The minimum Gasteiger partial charge on any atom is -0.0654 e. The van der Waals surface area contributed by atoms with Crippen LogP contribution >= 0.6 is 0 Å². The molecule has 0 aromatic heterocycles. The van der Waals surface area contributed by atoms with E-state index in [1.54, 1.807) is 11.1 Å². The summed E-state index contributed by atoms with van der Waals surface area (Å²) in [5.74, 6) is 1.79. The van der Waals surface area contributed by atoms with Gasteiger partial charge in [0.05, 0.1) is 0 Å². The molecular formula is C22H26. The van der Waals surface area contributed by atoms with E-state index in [-0.39, 0.29) is 0 Å². The molecular weight excluding hydrogens is 264 g/mol. The fraction of sp³-hybridized carbons (Fsp3) is 0.455. The zero-order valence-corrected chi connectivity index (χ0v) is 13.6. The van der Waals surface area contributed by atoms with Gasteiger partial charge in [-0.1, -0.05) is 68.7 Å². The lowest BCUT2D eigenvalue weighted by atomic mass is 9.67. The average Bonchev–Trinajstić information content (AvgIpc) is 2.88. The SMILES string of the molecule is CCCCC[C@H]1CC[C@H]1c1ccc2c(c1)Cc1ccccc1-2. The zero-order valence-electron chi connectivity index (χ0n) is 13.6. The standard InChI is InChI=1S/C22H26/c1-2-3-4-7-16-10-12-20(16)18-11-13-22-19(15-18)14-17-8-5-6-9-21(17)22/h5-6,8-9,11,13,15-16,20H,2-4,7,10,12,14H2,1H3/t16-,20+/m0/s1. The Bertz CT molecular complexity index is 667. The molecule has 0 aliphatic heterocycles. The summed E-state index contributed by atoms with van der Waals surface area (Å²) in [5.41, 5.74) is 7.60. The molecule has 0 spiro atoms. The first-order valence-corrected chi connectivity index (χ1v) is 9.08. The highest BCUT2D eigenvalue weighted by Crippen LogP contribution is 2.47. The van der Waals surface area contributed by atoms with E-state index < -0.39 is 0 Å². The van der Waals surface area contributed by atoms with E-state index in [0.717, 1.165) is 18.3 Å². The van der Waals surface area contributed by atoms with Gasteiger partial charge < -0.3 is 0 Å². The molecule has 0 unspecified atom stereocenters. The van der Waals surface area contributed by atoms with Crippen LogP contribution in [0.15, 0.2) is 42.5 Å². The molecule has 1 fully saturated rings. The van der Waals surface area contributed by atoms with Crippen molar-refractivity contribution in [3.05, 3.63) is 59.2 Å². The van der Waals surface area contributed by atoms with E-state index >= 15 is 0 Å². The second kappa shape index (κ2) is 5.91. The van der Waals surface area contributed by atoms with Gasteiger partial charge >= 0.3 is 0 Å². The molecule has 2 aliphatic carbocycles. The van der Waals surface area contributed by atoms with Gasteiger partial charge in [0.15, 0.2) is 0 Å². The van der Waals surface area contributed by atoms with Gasteiger partial charge in [-0.3, -0.25) is 0 Å². The minimum atomic E-state index is 0.839. The number of unbranched alkanes of at least 4 members (excludes halogenated alkanes) is 2. The molecule has 2 aliphatic rings. The monoisotopic (exact) mass is 290 g/mol. The average molecular weight is 290 g/mol. The van der Waals surface area contributed by atoms with Gasteiger partial charge in [0.25, 0.3) is 0 Å². The molecule has 0 amide bonds. The fourth-order valence-corrected chi connectivity index (χ4v) is 4.41. The lowest BCUT2D eigenvalue weighted by Crippen LogP contribution is -2.23. The topological polar surface area (TPSA) is 0 Å². The zero-order chi connectivity index (χ0) is 14.9. The Morgan fingerprint density at radius 3 is 2.59 bits per heavy atom. The highest BCUT2D eigenvalue weighted by molar-refractivity contribution is 5.77. The summed E-state index contributed by atoms with van der Waals surface area (Å²) >= 11 is 0. The van der Waals surface area contributed by atoms with Crippen LogP contribution in [0, 0.1) is 5.92 Å². The Hall–Kier alpha value is -1.56. The van der Waals surface area contributed by atoms with Crippen molar-refractivity contribution < 1.29 is 0 Å². The first-order valence-electron chi connectivity index (χ1n) is 9.08. The quantitative estimate of drug-likeness (QED) is 0.481. The minimum absolute atomic E-state index is 0.839. The van der Waals surface area contributed by atoms with Gasteiger partial charge in [-0.15, -0.1) is 0 Å². The normalized spacial score (nSPS) is 22.0. The van der Waals surface area contributed by atoms with Crippen LogP contribution in [0.4, 0.5) is 0 Å². The third-order valence-electron chi connectivity index (χ3n) is 5.84. The number of hydrogen-bond acceptors (Lipinski definition) is 0. The molecule has 0 N–H and O–H groups in total. The summed E-state index contributed by atoms with van der Waals surface area (Å²) in [5, 5.41) is 0. The van der Waals surface area contributed by atoms with E-state index in [1.807, 2.05) is 0 Å². The molecule has 2 atom stereocenters. The first-order chi connectivity index (χ1) is 10.9. The first kappa shape index (κ1) is 14.1. The number of fused-ring (bicyclic) bond motifs is 3. The van der Waals surface area contributed by atoms with Gasteiger partial charge in [0.2, 0.25) is 0 Å². The lowest BCUT2D eigenvalue weighted by molar-refractivity contribution is 0.232. The number of hydrogen-bond donors (Lipinski definition) is 0. The molecule has 22 heavy (non-hydrogen) atoms. The van der Waals surface area contributed by atoms with Gasteiger partial charge in [-0.05, 0) is 65.3 Å². The van der Waals surface area contributed by atoms with Crippen LogP contribution in [0.5, 0.6) is 0 Å². The highest BCUT2D eigenvalue weighted by atomic mass is 14.4. The van der Waals surface area contributed by atoms with E-state index in [9.17, 15) is 0 Å². The van der Waals surface area contributed by atoms with Crippen molar-refractivity contribution in [2.75, 3.05) is 0 Å². The van der Waals surface area contributed by atoms with E-state index in [0.29, 0.717) is 0 Å². The van der Waals surface area contributed by atoms with Crippen molar-refractivity contribution in [1.29, 1.82) is 0 Å². The largest absolute Gasteiger partial charge is 0.0654 e. The van der Waals surface area contributed by atoms with Crippen molar-refractivity contribution >= 4 is 0 Å². The van der Waals surface area contributed by atoms with Crippen molar-refractivity contribution in [3.63, 3.8) is 0 Å². The Kier molecular flexibility index (Phi) is 3.78. The van der Waals surface area contributed by atoms with Crippen LogP contribution in [0.25, 0.3) is 11.1 Å². The summed E-state index contributed by atoms with van der Waals surface area (Å²) in [6.45, 7) is 2.30. The van der Waals surface area contributed by atoms with Crippen molar-refractivity contribution in [3.8, 4) is 11.1 Å². The Morgan fingerprint density at radius 2 is 1.77 bits per heavy atom. The molecule has 0 radical (unpaired) electrons. The van der Waals surface area contributed by atoms with E-state index in [1.165, 1.54) is 55.2 Å². The van der Waals surface area contributed by atoms with Crippen LogP contribution in [0.2, 0.25) is 0 Å². The predicted octanol–water partition coefficient (Wildman–Crippen LogP) is 6.33. The molecule has 0 heteroatoms. The number of rotatable bonds is 5. The van der Waals surface area contributed by atoms with Crippen molar-refractivity contribution in [2.24, 2.45) is 5.92 Å². The number of benzene rings is 2. The maximum absolute atomic E-state index is 2.52. The summed E-state index contributed by atoms with van der Waals surface area (Å²) in [6.07, 6.45) is 9.60. The second-order valence-corrected chi connectivity index (χ2v) is 7.19. The van der Waals surface area contributed by atoms with Crippen LogP contribution in [0.3, 0.4) is 0 Å². The van der Waals surface area contributed by atoms with Gasteiger partial charge in [0.1, 0.15) is 0 Å². The maximum Gasteiger partial charge on any atom is -0.00134 e. The molecule has 0 bridgehead atoms. The van der Waals surface area contributed by atoms with E-state index in [2.05, 4.69) is 49.4 Å². The van der Waals surface area contributed by atoms with Crippen LogP contribution in [-0.2, 0) is 6.42 Å². The molecule has 4 rings (SSSR count). The Labute approximate surface area is 134 Å². The third kappa shape index (κ3) is 2.39. The van der Waals surface area contributed by atoms with Crippen molar-refractivity contribution in [2.45, 2.75) is 57.8 Å². The smallest absolute Gasteiger partial charge is 0.00134 e. The molecule has 1 saturated carbocycles. The van der Waals surface area contributed by atoms with Crippen molar-refractivity contribution in [1.82, 2.24) is 0 Å². The third-order valence-corrected chi connectivity index (χ3v) is 5.84. The predicted molar refractivity (Wildman–Crippen MR) is 94.3 cm³/mol.